The molecule has 3 heteroatoms. The van der Waals surface area contributed by atoms with Gasteiger partial charge < -0.3 is 5.32 Å². The fraction of sp³-hybridized carbons (Fsp3) is 0.250. The third-order valence-corrected chi connectivity index (χ3v) is 3.13. The van der Waals surface area contributed by atoms with E-state index >= 15 is 0 Å². The Labute approximate surface area is 93.3 Å². The first-order chi connectivity index (χ1) is 7.34. The first-order valence-electron chi connectivity index (χ1n) is 5.11. The average Bonchev–Trinajstić information content (AvgIpc) is 2.28. The van der Waals surface area contributed by atoms with Crippen LogP contribution in [0.25, 0.3) is 10.9 Å². The molecule has 1 aliphatic rings. The fourth-order valence-electron chi connectivity index (χ4n) is 2.15. The summed E-state index contributed by atoms with van der Waals surface area (Å²) in [7, 11) is 0. The standard InChI is InChI=1S/C12H11ClN2/c13-9-1-2-11-10-3-4-14-6-8(10)7-15-12(11)5-9/h1-2,5,7,14H,3-4,6H2. The summed E-state index contributed by atoms with van der Waals surface area (Å²) in [6.45, 7) is 1.98. The molecule has 76 valence electrons. The molecule has 0 bridgehead atoms. The Hall–Kier alpha value is -1.12. The highest BCUT2D eigenvalue weighted by molar-refractivity contribution is 6.31. The Kier molecular flexibility index (Phi) is 2.11. The molecule has 0 unspecified atom stereocenters. The maximum Gasteiger partial charge on any atom is 0.0719 e. The van der Waals surface area contributed by atoms with Gasteiger partial charge in [0.2, 0.25) is 0 Å². The van der Waals surface area contributed by atoms with Crippen LogP contribution in [-0.2, 0) is 13.0 Å². The highest BCUT2D eigenvalue weighted by atomic mass is 35.5. The molecular weight excluding hydrogens is 208 g/mol. The molecule has 1 aromatic heterocycles. The zero-order chi connectivity index (χ0) is 10.3. The van der Waals surface area contributed by atoms with Crippen molar-refractivity contribution in [1.82, 2.24) is 10.3 Å². The predicted molar refractivity (Wildman–Crippen MR) is 62.2 cm³/mol. The van der Waals surface area contributed by atoms with Gasteiger partial charge in [0, 0.05) is 23.2 Å². The molecule has 3 rings (SSSR count). The predicted octanol–water partition coefficient (Wildman–Crippen LogP) is 2.53. The number of nitrogens with zero attached hydrogens (tertiary/aromatic N) is 1. The quantitative estimate of drug-likeness (QED) is 0.735. The maximum atomic E-state index is 5.95. The van der Waals surface area contributed by atoms with Gasteiger partial charge in [-0.3, -0.25) is 4.98 Å². The molecule has 0 radical (unpaired) electrons. The van der Waals surface area contributed by atoms with Crippen LogP contribution in [0, 0.1) is 0 Å². The molecular formula is C12H11ClN2. The minimum absolute atomic E-state index is 0.754. The van der Waals surface area contributed by atoms with Gasteiger partial charge in [-0.25, -0.2) is 0 Å². The zero-order valence-corrected chi connectivity index (χ0v) is 9.01. The average molecular weight is 219 g/mol. The second-order valence-electron chi connectivity index (χ2n) is 3.85. The number of hydrogen-bond donors (Lipinski definition) is 1. The van der Waals surface area contributed by atoms with Crippen LogP contribution < -0.4 is 5.32 Å². The summed E-state index contributed by atoms with van der Waals surface area (Å²) in [4.78, 5) is 4.43. The van der Waals surface area contributed by atoms with Crippen LogP contribution in [0.4, 0.5) is 0 Å². The lowest BCUT2D eigenvalue weighted by Gasteiger charge is -2.18. The van der Waals surface area contributed by atoms with Crippen LogP contribution in [0.3, 0.4) is 0 Å². The van der Waals surface area contributed by atoms with Crippen molar-refractivity contribution < 1.29 is 0 Å². The van der Waals surface area contributed by atoms with E-state index in [1.807, 2.05) is 18.3 Å². The van der Waals surface area contributed by atoms with Gasteiger partial charge >= 0.3 is 0 Å². The summed E-state index contributed by atoms with van der Waals surface area (Å²) >= 11 is 5.95. The van der Waals surface area contributed by atoms with Crippen molar-refractivity contribution in [2.75, 3.05) is 6.54 Å². The van der Waals surface area contributed by atoms with Crippen LogP contribution in [0.5, 0.6) is 0 Å². The van der Waals surface area contributed by atoms with Gasteiger partial charge in [-0.2, -0.15) is 0 Å². The molecule has 15 heavy (non-hydrogen) atoms. The van der Waals surface area contributed by atoms with Gasteiger partial charge in [0.15, 0.2) is 0 Å². The van der Waals surface area contributed by atoms with E-state index in [0.29, 0.717) is 0 Å². The lowest BCUT2D eigenvalue weighted by atomic mass is 9.98. The van der Waals surface area contributed by atoms with E-state index in [0.717, 1.165) is 30.0 Å². The third kappa shape index (κ3) is 1.50. The normalized spacial score (nSPS) is 15.3. The molecule has 0 saturated heterocycles. The summed E-state index contributed by atoms with van der Waals surface area (Å²) in [6.07, 6.45) is 3.04. The largest absolute Gasteiger partial charge is 0.312 e. The Morgan fingerprint density at radius 2 is 2.27 bits per heavy atom. The molecule has 1 aliphatic heterocycles. The molecule has 2 nitrogen and oxygen atoms in total. The van der Waals surface area contributed by atoms with Crippen molar-refractivity contribution in [3.05, 3.63) is 40.5 Å². The Bertz CT molecular complexity index is 522. The molecule has 2 aromatic rings. The monoisotopic (exact) mass is 218 g/mol. The molecule has 0 atom stereocenters. The van der Waals surface area contributed by atoms with Crippen LogP contribution in [-0.4, -0.2) is 11.5 Å². The van der Waals surface area contributed by atoms with E-state index in [-0.39, 0.29) is 0 Å². The second kappa shape index (κ2) is 3.47. The maximum absolute atomic E-state index is 5.95. The number of aromatic nitrogens is 1. The summed E-state index contributed by atoms with van der Waals surface area (Å²) in [5, 5.41) is 5.35. The number of pyridine rings is 1. The fourth-order valence-corrected chi connectivity index (χ4v) is 2.32. The van der Waals surface area contributed by atoms with E-state index in [1.165, 1.54) is 16.5 Å². The summed E-state index contributed by atoms with van der Waals surface area (Å²) in [5.41, 5.74) is 3.75. The van der Waals surface area contributed by atoms with Gasteiger partial charge in [-0.05, 0) is 36.2 Å². The molecule has 0 fully saturated rings. The van der Waals surface area contributed by atoms with E-state index < -0.39 is 0 Å². The van der Waals surface area contributed by atoms with Crippen molar-refractivity contribution in [3.63, 3.8) is 0 Å². The number of benzene rings is 1. The van der Waals surface area contributed by atoms with Crippen LogP contribution >= 0.6 is 11.6 Å². The van der Waals surface area contributed by atoms with Crippen molar-refractivity contribution in [2.24, 2.45) is 0 Å². The van der Waals surface area contributed by atoms with Gasteiger partial charge in [0.05, 0.1) is 5.52 Å². The molecule has 1 aromatic carbocycles. The summed E-state index contributed by atoms with van der Waals surface area (Å²) in [5.74, 6) is 0. The van der Waals surface area contributed by atoms with Crippen molar-refractivity contribution in [3.8, 4) is 0 Å². The first kappa shape index (κ1) is 9.13. The highest BCUT2D eigenvalue weighted by Gasteiger charge is 2.12. The molecule has 0 amide bonds. The second-order valence-corrected chi connectivity index (χ2v) is 4.29. The van der Waals surface area contributed by atoms with E-state index in [9.17, 15) is 0 Å². The van der Waals surface area contributed by atoms with Gasteiger partial charge in [0.1, 0.15) is 0 Å². The summed E-state index contributed by atoms with van der Waals surface area (Å²) < 4.78 is 0. The van der Waals surface area contributed by atoms with E-state index in [1.54, 1.807) is 0 Å². The smallest absolute Gasteiger partial charge is 0.0719 e. The van der Waals surface area contributed by atoms with Crippen LogP contribution in [0.2, 0.25) is 5.02 Å². The molecule has 2 heterocycles. The number of rotatable bonds is 0. The Balaban J connectivity index is 2.32. The van der Waals surface area contributed by atoms with Crippen molar-refractivity contribution in [1.29, 1.82) is 0 Å². The minimum atomic E-state index is 0.754. The molecule has 0 aliphatic carbocycles. The number of nitrogens with one attached hydrogen (secondary N) is 1. The molecule has 0 saturated carbocycles. The Morgan fingerprint density at radius 1 is 1.33 bits per heavy atom. The number of hydrogen-bond acceptors (Lipinski definition) is 2. The highest BCUT2D eigenvalue weighted by Crippen LogP contribution is 2.25. The van der Waals surface area contributed by atoms with E-state index in [4.69, 9.17) is 11.6 Å². The Morgan fingerprint density at radius 3 is 3.20 bits per heavy atom. The third-order valence-electron chi connectivity index (χ3n) is 2.90. The van der Waals surface area contributed by atoms with Gasteiger partial charge in [-0.1, -0.05) is 17.7 Å². The molecule has 1 N–H and O–H groups in total. The topological polar surface area (TPSA) is 24.9 Å². The van der Waals surface area contributed by atoms with Crippen molar-refractivity contribution >= 4 is 22.5 Å². The van der Waals surface area contributed by atoms with Crippen LogP contribution in [0.15, 0.2) is 24.4 Å². The lowest BCUT2D eigenvalue weighted by Crippen LogP contribution is -2.23. The minimum Gasteiger partial charge on any atom is -0.312 e. The van der Waals surface area contributed by atoms with Gasteiger partial charge in [-0.15, -0.1) is 0 Å². The SMILES string of the molecule is Clc1ccc2c3c(cnc2c1)CNCC3. The van der Waals surface area contributed by atoms with E-state index in [2.05, 4.69) is 16.4 Å². The van der Waals surface area contributed by atoms with Crippen LogP contribution in [0.1, 0.15) is 11.1 Å². The first-order valence-corrected chi connectivity index (χ1v) is 5.49. The number of halogens is 1. The summed E-state index contributed by atoms with van der Waals surface area (Å²) in [6, 6.07) is 5.95. The number of fused-ring (bicyclic) bond motifs is 3. The van der Waals surface area contributed by atoms with Gasteiger partial charge in [0.25, 0.3) is 0 Å². The lowest BCUT2D eigenvalue weighted by molar-refractivity contribution is 0.645. The van der Waals surface area contributed by atoms with Crippen molar-refractivity contribution in [2.45, 2.75) is 13.0 Å². The zero-order valence-electron chi connectivity index (χ0n) is 8.26. The molecule has 0 spiro atoms.